The maximum atomic E-state index is 13.0. The molecule has 0 radical (unpaired) electrons. The average Bonchev–Trinajstić information content (AvgIpc) is 2.72. The number of likely N-dealkylation sites (tertiary alicyclic amines) is 1. The highest BCUT2D eigenvalue weighted by Crippen LogP contribution is 2.59. The van der Waals surface area contributed by atoms with E-state index in [1.54, 1.807) is 0 Å². The summed E-state index contributed by atoms with van der Waals surface area (Å²) in [5, 5.41) is 9.49. The number of carbonyl (C=O) groups is 1. The van der Waals surface area contributed by atoms with Crippen LogP contribution in [0, 0.1) is 0 Å². The normalized spacial score (nSPS) is 18.3. The van der Waals surface area contributed by atoms with Gasteiger partial charge in [0.15, 0.2) is 0 Å². The Morgan fingerprint density at radius 2 is 1.50 bits per heavy atom. The van der Waals surface area contributed by atoms with E-state index in [9.17, 15) is 14.5 Å². The molecule has 0 aliphatic carbocycles. The van der Waals surface area contributed by atoms with Gasteiger partial charge in [0.1, 0.15) is 11.9 Å². The summed E-state index contributed by atoms with van der Waals surface area (Å²) in [5.74, 6) is 0. The van der Waals surface area contributed by atoms with Gasteiger partial charge in [-0.05, 0) is 11.1 Å². The molecule has 1 N–H and O–H groups in total. The number of aliphatic hydroxyl groups is 1. The smallest absolute Gasteiger partial charge is 0.410 e. The molecule has 0 aromatic heterocycles. The largest absolute Gasteiger partial charge is 0.445 e. The number of ether oxygens (including phenoxy) is 1. The zero-order valence-corrected chi connectivity index (χ0v) is 16.9. The Balaban J connectivity index is 1.51. The summed E-state index contributed by atoms with van der Waals surface area (Å²) in [5.41, 5.74) is 1.81. The number of benzene rings is 2. The van der Waals surface area contributed by atoms with Crippen molar-refractivity contribution < 1.29 is 23.7 Å². The number of amides is 1. The van der Waals surface area contributed by atoms with Gasteiger partial charge in [-0.25, -0.2) is 4.79 Å². The lowest BCUT2D eigenvalue weighted by Crippen LogP contribution is -2.46. The van der Waals surface area contributed by atoms with Crippen molar-refractivity contribution in [3.8, 4) is 0 Å². The number of carbonyl (C=O) groups excluding carboxylic acids is 1. The molecular weight excluding hydrogens is 377 g/mol. The molecule has 1 aliphatic heterocycles. The Morgan fingerprint density at radius 1 is 1.00 bits per heavy atom. The second-order valence-corrected chi connectivity index (χ2v) is 9.90. The fourth-order valence-corrected chi connectivity index (χ4v) is 4.80. The molecule has 7 heteroatoms. The van der Waals surface area contributed by atoms with E-state index in [1.807, 2.05) is 60.7 Å². The molecule has 1 aliphatic rings. The van der Waals surface area contributed by atoms with Crippen LogP contribution >= 0.6 is 7.37 Å². The van der Waals surface area contributed by atoms with E-state index >= 15 is 0 Å². The highest BCUT2D eigenvalue weighted by Gasteiger charge is 2.47. The third kappa shape index (κ3) is 5.02. The first-order valence-corrected chi connectivity index (χ1v) is 11.4. The second-order valence-electron chi connectivity index (χ2n) is 7.11. The third-order valence-electron chi connectivity index (χ3n) is 5.10. The molecule has 0 saturated carbocycles. The molecule has 1 saturated heterocycles. The standard InChI is InChI=1S/C21H26NO5P/c1-28(25,27-17-19-10-6-3-7-11-19)21(24)12-14-22(15-13-21)20(23)26-16-18-8-4-2-5-9-18/h2-11,24H,12-17H2,1H3. The van der Waals surface area contributed by atoms with E-state index < -0.39 is 18.8 Å². The predicted octanol–water partition coefficient (Wildman–Crippen LogP) is 4.23. The molecule has 1 atom stereocenters. The first-order valence-electron chi connectivity index (χ1n) is 9.34. The summed E-state index contributed by atoms with van der Waals surface area (Å²) in [6, 6.07) is 18.9. The minimum Gasteiger partial charge on any atom is -0.445 e. The molecule has 2 aromatic rings. The Morgan fingerprint density at radius 3 is 2.04 bits per heavy atom. The lowest BCUT2D eigenvalue weighted by molar-refractivity contribution is 0.0235. The van der Waals surface area contributed by atoms with Crippen LogP contribution in [-0.2, 0) is 27.0 Å². The highest BCUT2D eigenvalue weighted by atomic mass is 31.2. The molecule has 1 fully saturated rings. The topological polar surface area (TPSA) is 76.1 Å². The van der Waals surface area contributed by atoms with E-state index in [0.717, 1.165) is 11.1 Å². The molecule has 2 aromatic carbocycles. The van der Waals surface area contributed by atoms with E-state index in [2.05, 4.69) is 0 Å². The van der Waals surface area contributed by atoms with E-state index in [-0.39, 0.29) is 39.1 Å². The monoisotopic (exact) mass is 403 g/mol. The molecule has 1 heterocycles. The van der Waals surface area contributed by atoms with Crippen molar-refractivity contribution >= 4 is 13.5 Å². The quantitative estimate of drug-likeness (QED) is 0.731. The average molecular weight is 403 g/mol. The lowest BCUT2D eigenvalue weighted by atomic mass is 10.1. The minimum absolute atomic E-state index is 0.180. The Bertz CT molecular complexity index is 819. The number of nitrogens with zero attached hydrogens (tertiary/aromatic N) is 1. The molecule has 28 heavy (non-hydrogen) atoms. The lowest BCUT2D eigenvalue weighted by Gasteiger charge is -2.40. The van der Waals surface area contributed by atoms with Crippen molar-refractivity contribution in [3.63, 3.8) is 0 Å². The summed E-state index contributed by atoms with van der Waals surface area (Å²) < 4.78 is 24.0. The molecule has 1 amide bonds. The zero-order chi connectivity index (χ0) is 20.0. The first kappa shape index (κ1) is 20.6. The Kier molecular flexibility index (Phi) is 6.55. The molecule has 6 nitrogen and oxygen atoms in total. The summed E-state index contributed by atoms with van der Waals surface area (Å²) in [4.78, 5) is 13.8. The van der Waals surface area contributed by atoms with Crippen molar-refractivity contribution in [2.24, 2.45) is 0 Å². The van der Waals surface area contributed by atoms with Gasteiger partial charge in [0.2, 0.25) is 7.37 Å². The number of hydrogen-bond donors (Lipinski definition) is 1. The van der Waals surface area contributed by atoms with Crippen molar-refractivity contribution in [1.29, 1.82) is 0 Å². The molecule has 3 rings (SSSR count). The number of rotatable bonds is 6. The summed E-state index contributed by atoms with van der Waals surface area (Å²) >= 11 is 0. The predicted molar refractivity (Wildman–Crippen MR) is 107 cm³/mol. The molecule has 150 valence electrons. The summed E-state index contributed by atoms with van der Waals surface area (Å²) in [7, 11) is -3.29. The van der Waals surface area contributed by atoms with Gasteiger partial charge in [-0.3, -0.25) is 4.57 Å². The van der Waals surface area contributed by atoms with Crippen LogP contribution in [0.3, 0.4) is 0 Å². The second kappa shape index (κ2) is 8.91. The Labute approximate surface area is 165 Å². The van der Waals surface area contributed by atoms with Crippen molar-refractivity contribution in [1.82, 2.24) is 4.90 Å². The van der Waals surface area contributed by atoms with Crippen molar-refractivity contribution in [3.05, 3.63) is 71.8 Å². The van der Waals surface area contributed by atoms with Crippen LogP contribution in [0.2, 0.25) is 0 Å². The van der Waals surface area contributed by atoms with E-state index in [1.165, 1.54) is 11.6 Å². The van der Waals surface area contributed by atoms with Gasteiger partial charge < -0.3 is 19.3 Å². The molecular formula is C21H26NO5P. The minimum atomic E-state index is -3.29. The molecule has 0 spiro atoms. The van der Waals surface area contributed by atoms with Gasteiger partial charge >= 0.3 is 6.09 Å². The maximum Gasteiger partial charge on any atom is 0.410 e. The number of hydrogen-bond acceptors (Lipinski definition) is 5. The van der Waals surface area contributed by atoms with Crippen LogP contribution < -0.4 is 0 Å². The van der Waals surface area contributed by atoms with Gasteiger partial charge in [0.05, 0.1) is 6.61 Å². The van der Waals surface area contributed by atoms with Crippen LogP contribution in [0.15, 0.2) is 60.7 Å². The maximum absolute atomic E-state index is 13.0. The van der Waals surface area contributed by atoms with Crippen LogP contribution in [0.5, 0.6) is 0 Å². The summed E-state index contributed by atoms with van der Waals surface area (Å²) in [6.07, 6.45) is -0.0477. The Hall–Kier alpha value is -2.14. The fraction of sp³-hybridized carbons (Fsp3) is 0.381. The van der Waals surface area contributed by atoms with E-state index in [4.69, 9.17) is 9.26 Å². The number of piperidine rings is 1. The summed E-state index contributed by atoms with van der Waals surface area (Å²) in [6.45, 7) is 2.40. The molecule has 1 unspecified atom stereocenters. The van der Waals surface area contributed by atoms with Crippen LogP contribution in [0.4, 0.5) is 4.79 Å². The van der Waals surface area contributed by atoms with Gasteiger partial charge in [-0.2, -0.15) is 0 Å². The SMILES string of the molecule is CP(=O)(OCc1ccccc1)C1(O)CCN(C(=O)OCc2ccccc2)CC1. The van der Waals surface area contributed by atoms with Crippen LogP contribution in [0.1, 0.15) is 24.0 Å². The van der Waals surface area contributed by atoms with Gasteiger partial charge in [-0.15, -0.1) is 0 Å². The fourth-order valence-electron chi connectivity index (χ4n) is 3.16. The van der Waals surface area contributed by atoms with Crippen molar-refractivity contribution in [2.75, 3.05) is 19.8 Å². The zero-order valence-electron chi connectivity index (χ0n) is 16.0. The van der Waals surface area contributed by atoms with Crippen LogP contribution in [0.25, 0.3) is 0 Å². The molecule has 0 bridgehead atoms. The van der Waals surface area contributed by atoms with Crippen molar-refractivity contribution in [2.45, 2.75) is 31.4 Å². The van der Waals surface area contributed by atoms with Crippen LogP contribution in [-0.4, -0.2) is 41.2 Å². The highest BCUT2D eigenvalue weighted by molar-refractivity contribution is 7.59. The van der Waals surface area contributed by atoms with Gasteiger partial charge in [0, 0.05) is 32.6 Å². The third-order valence-corrected chi connectivity index (χ3v) is 7.69. The van der Waals surface area contributed by atoms with Gasteiger partial charge in [0.25, 0.3) is 0 Å². The van der Waals surface area contributed by atoms with E-state index in [0.29, 0.717) is 0 Å². The van der Waals surface area contributed by atoms with Gasteiger partial charge in [-0.1, -0.05) is 60.7 Å². The first-order chi connectivity index (χ1) is 13.4.